The number of benzene rings is 2. The molecule has 2 aromatic carbocycles. The molecule has 0 aliphatic carbocycles. The lowest BCUT2D eigenvalue weighted by atomic mass is 10.2. The molecule has 0 radical (unpaired) electrons. The van der Waals surface area contributed by atoms with Gasteiger partial charge in [0, 0.05) is 28.5 Å². The van der Waals surface area contributed by atoms with Gasteiger partial charge in [0.1, 0.15) is 0 Å². The van der Waals surface area contributed by atoms with Crippen molar-refractivity contribution >= 4 is 57.1 Å². The van der Waals surface area contributed by atoms with E-state index in [1.165, 1.54) is 11.8 Å². The monoisotopic (exact) mass is 439 g/mol. The van der Waals surface area contributed by atoms with Gasteiger partial charge >= 0.3 is 0 Å². The van der Waals surface area contributed by atoms with Crippen molar-refractivity contribution in [3.05, 3.63) is 57.5 Å². The van der Waals surface area contributed by atoms with E-state index in [-0.39, 0.29) is 11.2 Å². The Labute approximate surface area is 165 Å². The fourth-order valence-electron chi connectivity index (χ4n) is 2.00. The molecule has 0 saturated heterocycles. The Kier molecular flexibility index (Phi) is 7.35. The van der Waals surface area contributed by atoms with Gasteiger partial charge in [-0.15, -0.1) is 11.8 Å². The molecule has 1 unspecified atom stereocenters. The molecule has 0 aliphatic rings. The molecule has 2 aromatic rings. The van der Waals surface area contributed by atoms with Crippen LogP contribution in [0.2, 0.25) is 5.02 Å². The highest BCUT2D eigenvalue weighted by molar-refractivity contribution is 9.10. The van der Waals surface area contributed by atoms with E-state index in [2.05, 4.69) is 26.5 Å². The van der Waals surface area contributed by atoms with Crippen molar-refractivity contribution in [1.82, 2.24) is 5.43 Å². The van der Waals surface area contributed by atoms with Crippen LogP contribution in [0.25, 0.3) is 0 Å². The molecule has 0 fully saturated rings. The summed E-state index contributed by atoms with van der Waals surface area (Å²) in [6.45, 7) is 1.84. The number of nitrogens with zero attached hydrogens (tertiary/aromatic N) is 2. The lowest BCUT2D eigenvalue weighted by molar-refractivity contribution is -0.120. The van der Waals surface area contributed by atoms with Crippen molar-refractivity contribution in [2.75, 3.05) is 19.0 Å². The predicted molar refractivity (Wildman–Crippen MR) is 111 cm³/mol. The fourth-order valence-corrected chi connectivity index (χ4v) is 3.74. The molecule has 2 rings (SSSR count). The number of halogens is 2. The van der Waals surface area contributed by atoms with Crippen LogP contribution >= 0.6 is 39.3 Å². The van der Waals surface area contributed by atoms with Crippen LogP contribution < -0.4 is 10.3 Å². The maximum Gasteiger partial charge on any atom is 0.253 e. The Balaban J connectivity index is 1.91. The minimum atomic E-state index is -0.263. The van der Waals surface area contributed by atoms with Crippen LogP contribution in [0.15, 0.2) is 56.9 Å². The van der Waals surface area contributed by atoms with Crippen molar-refractivity contribution < 1.29 is 4.79 Å². The first kappa shape index (κ1) is 19.8. The quantitative estimate of drug-likeness (QED) is 0.399. The minimum absolute atomic E-state index is 0.153. The molecule has 0 heterocycles. The van der Waals surface area contributed by atoms with E-state index in [1.807, 2.05) is 68.4 Å². The highest BCUT2D eigenvalue weighted by Gasteiger charge is 2.13. The number of rotatable bonds is 6. The Bertz CT molecular complexity index is 765. The maximum absolute atomic E-state index is 12.1. The molecule has 4 nitrogen and oxygen atoms in total. The SMILES string of the molecule is CC(Sc1ccc(Cl)cc1)C(=O)NN=Cc1ccc(N(C)C)c(Br)c1. The molecule has 0 aliphatic heterocycles. The predicted octanol–water partition coefficient (Wildman–Crippen LogP) is 4.80. The van der Waals surface area contributed by atoms with Crippen LogP contribution in [0.1, 0.15) is 12.5 Å². The third-order valence-electron chi connectivity index (χ3n) is 3.34. The second-order valence-corrected chi connectivity index (χ2v) is 8.26. The van der Waals surface area contributed by atoms with Gasteiger partial charge in [-0.25, -0.2) is 5.43 Å². The second-order valence-electron chi connectivity index (χ2n) is 5.55. The molecule has 0 spiro atoms. The Morgan fingerprint density at radius 1 is 1.28 bits per heavy atom. The summed E-state index contributed by atoms with van der Waals surface area (Å²) < 4.78 is 0.972. The smallest absolute Gasteiger partial charge is 0.253 e. The number of hydrogen-bond donors (Lipinski definition) is 1. The number of hydrogen-bond acceptors (Lipinski definition) is 4. The topological polar surface area (TPSA) is 44.7 Å². The van der Waals surface area contributed by atoms with Crippen molar-refractivity contribution in [1.29, 1.82) is 0 Å². The molecule has 0 bridgehead atoms. The van der Waals surface area contributed by atoms with Gasteiger partial charge in [-0.05, 0) is 64.8 Å². The summed E-state index contributed by atoms with van der Waals surface area (Å²) in [5, 5.41) is 4.46. The number of nitrogens with one attached hydrogen (secondary N) is 1. The number of anilines is 1. The zero-order valence-corrected chi connectivity index (χ0v) is 17.3. The molecule has 0 saturated carbocycles. The number of carbonyl (C=O) groups excluding carboxylic acids is 1. The first-order valence-corrected chi connectivity index (χ1v) is 9.64. The summed E-state index contributed by atoms with van der Waals surface area (Å²) in [7, 11) is 3.96. The summed E-state index contributed by atoms with van der Waals surface area (Å²) in [6.07, 6.45) is 1.63. The molecule has 0 aromatic heterocycles. The zero-order valence-electron chi connectivity index (χ0n) is 14.2. The zero-order chi connectivity index (χ0) is 18.4. The lowest BCUT2D eigenvalue weighted by Gasteiger charge is -2.14. The molecule has 1 N–H and O–H groups in total. The molecule has 7 heteroatoms. The molecule has 132 valence electrons. The van der Waals surface area contributed by atoms with Gasteiger partial charge in [-0.2, -0.15) is 5.10 Å². The minimum Gasteiger partial charge on any atom is -0.377 e. The van der Waals surface area contributed by atoms with Gasteiger partial charge < -0.3 is 4.90 Å². The van der Waals surface area contributed by atoms with Gasteiger partial charge in [-0.1, -0.05) is 17.7 Å². The average molecular weight is 441 g/mol. The summed E-state index contributed by atoms with van der Waals surface area (Å²) in [6, 6.07) is 13.3. The molecule has 1 amide bonds. The molecular formula is C18H19BrClN3OS. The third kappa shape index (κ3) is 6.06. The van der Waals surface area contributed by atoms with Crippen molar-refractivity contribution in [2.45, 2.75) is 17.1 Å². The van der Waals surface area contributed by atoms with E-state index in [4.69, 9.17) is 11.6 Å². The van der Waals surface area contributed by atoms with Crippen LogP contribution in [-0.2, 0) is 4.79 Å². The van der Waals surface area contributed by atoms with Gasteiger partial charge in [0.25, 0.3) is 5.91 Å². The van der Waals surface area contributed by atoms with Crippen LogP contribution in [-0.4, -0.2) is 31.5 Å². The molecule has 1 atom stereocenters. The van der Waals surface area contributed by atoms with Gasteiger partial charge in [0.15, 0.2) is 0 Å². The number of amides is 1. The first-order valence-electron chi connectivity index (χ1n) is 7.59. The number of carbonyl (C=O) groups is 1. The van der Waals surface area contributed by atoms with Crippen LogP contribution in [0.5, 0.6) is 0 Å². The molecular weight excluding hydrogens is 422 g/mol. The van der Waals surface area contributed by atoms with Crippen LogP contribution in [0, 0.1) is 0 Å². The van der Waals surface area contributed by atoms with E-state index in [9.17, 15) is 4.79 Å². The third-order valence-corrected chi connectivity index (χ3v) is 5.34. The standard InChI is InChI=1S/C18H19BrClN3OS/c1-12(25-15-7-5-14(20)6-8-15)18(24)22-21-11-13-4-9-17(23(2)3)16(19)10-13/h4-12H,1-3H3,(H,22,24). The maximum atomic E-state index is 12.1. The van der Waals surface area contributed by atoms with Gasteiger partial charge in [0.05, 0.1) is 17.2 Å². The Hall–Kier alpha value is -1.50. The van der Waals surface area contributed by atoms with Crippen molar-refractivity contribution in [2.24, 2.45) is 5.10 Å². The van der Waals surface area contributed by atoms with Crippen LogP contribution in [0.3, 0.4) is 0 Å². The van der Waals surface area contributed by atoms with E-state index in [1.54, 1.807) is 6.21 Å². The second kappa shape index (κ2) is 9.27. The van der Waals surface area contributed by atoms with Crippen molar-refractivity contribution in [3.63, 3.8) is 0 Å². The highest BCUT2D eigenvalue weighted by Crippen LogP contribution is 2.26. The summed E-state index contributed by atoms with van der Waals surface area (Å²) in [5.74, 6) is -0.153. The fraction of sp³-hybridized carbons (Fsp3) is 0.222. The normalized spacial score (nSPS) is 12.2. The van der Waals surface area contributed by atoms with E-state index >= 15 is 0 Å². The molecule has 25 heavy (non-hydrogen) atoms. The number of hydrazone groups is 1. The average Bonchev–Trinajstić information content (AvgIpc) is 2.56. The number of thioether (sulfide) groups is 1. The summed E-state index contributed by atoms with van der Waals surface area (Å²) in [4.78, 5) is 15.1. The summed E-state index contributed by atoms with van der Waals surface area (Å²) >= 11 is 10.8. The largest absolute Gasteiger partial charge is 0.377 e. The van der Waals surface area contributed by atoms with E-state index in [0.717, 1.165) is 20.6 Å². The van der Waals surface area contributed by atoms with E-state index < -0.39 is 0 Å². The summed E-state index contributed by atoms with van der Waals surface area (Å²) in [5.41, 5.74) is 4.55. The Morgan fingerprint density at radius 2 is 1.96 bits per heavy atom. The highest BCUT2D eigenvalue weighted by atomic mass is 79.9. The lowest BCUT2D eigenvalue weighted by Crippen LogP contribution is -2.26. The van der Waals surface area contributed by atoms with E-state index in [0.29, 0.717) is 5.02 Å². The van der Waals surface area contributed by atoms with Gasteiger partial charge in [-0.3, -0.25) is 4.79 Å². The van der Waals surface area contributed by atoms with Crippen LogP contribution in [0.4, 0.5) is 5.69 Å². The Morgan fingerprint density at radius 3 is 2.56 bits per heavy atom. The first-order chi connectivity index (χ1) is 11.9. The van der Waals surface area contributed by atoms with Crippen molar-refractivity contribution in [3.8, 4) is 0 Å². The van der Waals surface area contributed by atoms with Gasteiger partial charge in [0.2, 0.25) is 0 Å².